The van der Waals surface area contributed by atoms with E-state index < -0.39 is 0 Å². The lowest BCUT2D eigenvalue weighted by Gasteiger charge is -2.37. The molecule has 0 radical (unpaired) electrons. The summed E-state index contributed by atoms with van der Waals surface area (Å²) in [5.41, 5.74) is 7.70. The number of nitrogens with two attached hydrogens (primary N) is 1. The molecule has 2 heteroatoms. The molecule has 3 atom stereocenters. The molecule has 0 fully saturated rings. The van der Waals surface area contributed by atoms with Crippen molar-refractivity contribution in [3.05, 3.63) is 35.9 Å². The van der Waals surface area contributed by atoms with Gasteiger partial charge in [0.2, 0.25) is 0 Å². The van der Waals surface area contributed by atoms with Gasteiger partial charge in [0.15, 0.2) is 0 Å². The number of benzene rings is 1. The number of hydrogen-bond donors (Lipinski definition) is 1. The van der Waals surface area contributed by atoms with Gasteiger partial charge in [-0.1, -0.05) is 50.6 Å². The van der Waals surface area contributed by atoms with Gasteiger partial charge in [-0.15, -0.1) is 0 Å². The summed E-state index contributed by atoms with van der Waals surface area (Å²) in [4.78, 5) is 2.57. The maximum atomic E-state index is 6.46. The standard InChI is InChI=1S/C17H30N2/c1-5-7-13-19(14(3)6-2)15(4)17(18)16-11-9-8-10-12-16/h8-12,14-15,17H,5-7,13,18H2,1-4H3. The van der Waals surface area contributed by atoms with E-state index >= 15 is 0 Å². The van der Waals surface area contributed by atoms with Gasteiger partial charge in [-0.25, -0.2) is 0 Å². The summed E-state index contributed by atoms with van der Waals surface area (Å²) in [6.07, 6.45) is 3.66. The van der Waals surface area contributed by atoms with Gasteiger partial charge in [-0.3, -0.25) is 4.90 Å². The molecule has 3 unspecified atom stereocenters. The van der Waals surface area contributed by atoms with Crippen molar-refractivity contribution in [2.45, 2.75) is 65.1 Å². The Kier molecular flexibility index (Phi) is 7.11. The number of unbranched alkanes of at least 4 members (excludes halogenated alkanes) is 1. The summed E-state index contributed by atoms with van der Waals surface area (Å²) in [6.45, 7) is 10.2. The minimum absolute atomic E-state index is 0.0899. The molecule has 1 aromatic carbocycles. The summed E-state index contributed by atoms with van der Waals surface area (Å²) in [5.74, 6) is 0. The molecule has 108 valence electrons. The molecule has 0 aliphatic heterocycles. The monoisotopic (exact) mass is 262 g/mol. The van der Waals surface area contributed by atoms with Gasteiger partial charge in [-0.2, -0.15) is 0 Å². The highest BCUT2D eigenvalue weighted by Gasteiger charge is 2.24. The molecule has 0 aliphatic carbocycles. The Morgan fingerprint density at radius 3 is 2.26 bits per heavy atom. The van der Waals surface area contributed by atoms with Crippen molar-refractivity contribution in [3.8, 4) is 0 Å². The van der Waals surface area contributed by atoms with E-state index in [1.54, 1.807) is 0 Å². The van der Waals surface area contributed by atoms with Gasteiger partial charge >= 0.3 is 0 Å². The normalized spacial score (nSPS) is 16.3. The smallest absolute Gasteiger partial charge is 0.0450 e. The van der Waals surface area contributed by atoms with Gasteiger partial charge < -0.3 is 5.73 Å². The third kappa shape index (κ3) is 4.63. The van der Waals surface area contributed by atoms with Crippen LogP contribution in [0.4, 0.5) is 0 Å². The van der Waals surface area contributed by atoms with Crippen molar-refractivity contribution < 1.29 is 0 Å². The van der Waals surface area contributed by atoms with Crippen LogP contribution in [0.25, 0.3) is 0 Å². The van der Waals surface area contributed by atoms with Crippen LogP contribution in [0.5, 0.6) is 0 Å². The van der Waals surface area contributed by atoms with E-state index in [0.29, 0.717) is 12.1 Å². The SMILES string of the molecule is CCCCN(C(C)CC)C(C)C(N)c1ccccc1. The van der Waals surface area contributed by atoms with E-state index in [0.717, 1.165) is 6.54 Å². The maximum Gasteiger partial charge on any atom is 0.0450 e. The van der Waals surface area contributed by atoms with E-state index in [1.165, 1.54) is 24.8 Å². The molecular weight excluding hydrogens is 232 g/mol. The summed E-state index contributed by atoms with van der Waals surface area (Å²) in [5, 5.41) is 0. The summed E-state index contributed by atoms with van der Waals surface area (Å²) in [6, 6.07) is 11.5. The lowest BCUT2D eigenvalue weighted by atomic mass is 9.98. The van der Waals surface area contributed by atoms with Gasteiger partial charge in [0.25, 0.3) is 0 Å². The molecule has 0 heterocycles. The fourth-order valence-corrected chi connectivity index (χ4v) is 2.56. The van der Waals surface area contributed by atoms with Gasteiger partial charge in [0.1, 0.15) is 0 Å². The van der Waals surface area contributed by atoms with E-state index in [-0.39, 0.29) is 6.04 Å². The van der Waals surface area contributed by atoms with Crippen molar-refractivity contribution in [3.63, 3.8) is 0 Å². The Balaban J connectivity index is 2.77. The number of rotatable bonds is 8. The molecule has 0 bridgehead atoms. The average molecular weight is 262 g/mol. The van der Waals surface area contributed by atoms with Crippen LogP contribution in [0.1, 0.15) is 58.6 Å². The predicted molar refractivity (Wildman–Crippen MR) is 84.2 cm³/mol. The first-order chi connectivity index (χ1) is 9.11. The lowest BCUT2D eigenvalue weighted by molar-refractivity contribution is 0.128. The largest absolute Gasteiger partial charge is 0.323 e. The van der Waals surface area contributed by atoms with Crippen LogP contribution in [-0.2, 0) is 0 Å². The molecule has 1 rings (SSSR count). The van der Waals surface area contributed by atoms with Gasteiger partial charge in [0.05, 0.1) is 0 Å². The Morgan fingerprint density at radius 2 is 1.74 bits per heavy atom. The van der Waals surface area contributed by atoms with Crippen LogP contribution in [0.3, 0.4) is 0 Å². The highest BCUT2D eigenvalue weighted by Crippen LogP contribution is 2.21. The van der Waals surface area contributed by atoms with Crippen molar-refractivity contribution >= 4 is 0 Å². The first-order valence-electron chi connectivity index (χ1n) is 7.68. The molecule has 19 heavy (non-hydrogen) atoms. The zero-order valence-corrected chi connectivity index (χ0v) is 13.0. The average Bonchev–Trinajstić information content (AvgIpc) is 2.47. The first-order valence-corrected chi connectivity index (χ1v) is 7.68. The molecule has 1 aromatic rings. The lowest BCUT2D eigenvalue weighted by Crippen LogP contribution is -2.46. The van der Waals surface area contributed by atoms with E-state index in [2.05, 4.69) is 56.9 Å². The second kappa shape index (κ2) is 8.34. The molecule has 0 spiro atoms. The highest BCUT2D eigenvalue weighted by molar-refractivity contribution is 5.20. The van der Waals surface area contributed by atoms with Gasteiger partial charge in [0, 0.05) is 18.1 Å². The summed E-state index contributed by atoms with van der Waals surface area (Å²) >= 11 is 0. The van der Waals surface area contributed by atoms with Crippen LogP contribution < -0.4 is 5.73 Å². The molecule has 0 amide bonds. The van der Waals surface area contributed by atoms with E-state index in [4.69, 9.17) is 5.73 Å². The molecule has 2 nitrogen and oxygen atoms in total. The Hall–Kier alpha value is -0.860. The van der Waals surface area contributed by atoms with Crippen molar-refractivity contribution in [1.82, 2.24) is 4.90 Å². The first kappa shape index (κ1) is 16.2. The zero-order valence-electron chi connectivity index (χ0n) is 13.0. The van der Waals surface area contributed by atoms with Crippen molar-refractivity contribution in [2.24, 2.45) is 5.73 Å². The Bertz CT molecular complexity index is 336. The second-order valence-electron chi connectivity index (χ2n) is 5.53. The molecule has 0 saturated carbocycles. The van der Waals surface area contributed by atoms with Crippen molar-refractivity contribution in [2.75, 3.05) is 6.54 Å². The fraction of sp³-hybridized carbons (Fsp3) is 0.647. The quantitative estimate of drug-likeness (QED) is 0.768. The Morgan fingerprint density at radius 1 is 1.11 bits per heavy atom. The van der Waals surface area contributed by atoms with Crippen LogP contribution >= 0.6 is 0 Å². The number of nitrogens with zero attached hydrogens (tertiary/aromatic N) is 1. The third-order valence-electron chi connectivity index (χ3n) is 4.15. The fourth-order valence-electron chi connectivity index (χ4n) is 2.56. The van der Waals surface area contributed by atoms with E-state index in [9.17, 15) is 0 Å². The zero-order chi connectivity index (χ0) is 14.3. The molecular formula is C17H30N2. The Labute approximate surface area is 119 Å². The van der Waals surface area contributed by atoms with Crippen LogP contribution in [-0.4, -0.2) is 23.5 Å². The van der Waals surface area contributed by atoms with Crippen LogP contribution in [0.15, 0.2) is 30.3 Å². The minimum atomic E-state index is 0.0899. The topological polar surface area (TPSA) is 29.3 Å². The third-order valence-corrected chi connectivity index (χ3v) is 4.15. The van der Waals surface area contributed by atoms with Crippen LogP contribution in [0.2, 0.25) is 0 Å². The van der Waals surface area contributed by atoms with Crippen LogP contribution in [0, 0.1) is 0 Å². The maximum absolute atomic E-state index is 6.46. The molecule has 2 N–H and O–H groups in total. The summed E-state index contributed by atoms with van der Waals surface area (Å²) < 4.78 is 0. The second-order valence-corrected chi connectivity index (χ2v) is 5.53. The molecule has 0 aliphatic rings. The minimum Gasteiger partial charge on any atom is -0.323 e. The molecule has 0 saturated heterocycles. The molecule has 0 aromatic heterocycles. The highest BCUT2D eigenvalue weighted by atomic mass is 15.2. The predicted octanol–water partition coefficient (Wildman–Crippen LogP) is 3.98. The van der Waals surface area contributed by atoms with Crippen molar-refractivity contribution in [1.29, 1.82) is 0 Å². The van der Waals surface area contributed by atoms with E-state index in [1.807, 2.05) is 6.07 Å². The van der Waals surface area contributed by atoms with Gasteiger partial charge in [-0.05, 0) is 38.8 Å². The summed E-state index contributed by atoms with van der Waals surface area (Å²) in [7, 11) is 0. The number of hydrogen-bond acceptors (Lipinski definition) is 2.